The first-order chi connectivity index (χ1) is 10.5. The summed E-state index contributed by atoms with van der Waals surface area (Å²) in [5, 5.41) is 2.77. The Labute approximate surface area is 126 Å². The molecule has 2 aromatic rings. The molecule has 0 bridgehead atoms. The fourth-order valence-electron chi connectivity index (χ4n) is 2.08. The van der Waals surface area contributed by atoms with Gasteiger partial charge in [-0.25, -0.2) is 9.78 Å². The van der Waals surface area contributed by atoms with Gasteiger partial charge in [0.05, 0.1) is 12.7 Å². The van der Waals surface area contributed by atoms with Gasteiger partial charge in [-0.05, 0) is 13.3 Å². The number of aromatic nitrogens is 4. The number of imidazole rings is 1. The summed E-state index contributed by atoms with van der Waals surface area (Å²) in [7, 11) is 1.37. The molecule has 2 rings (SSSR count). The normalized spacial score (nSPS) is 12.1. The second-order valence-electron chi connectivity index (χ2n) is 5.16. The number of rotatable bonds is 6. The van der Waals surface area contributed by atoms with E-state index in [2.05, 4.69) is 15.3 Å². The van der Waals surface area contributed by atoms with Gasteiger partial charge in [-0.3, -0.25) is 14.2 Å². The Morgan fingerprint density at radius 1 is 1.45 bits per heavy atom. The van der Waals surface area contributed by atoms with Crippen LogP contribution < -0.4 is 16.6 Å². The van der Waals surface area contributed by atoms with E-state index in [1.807, 2.05) is 17.7 Å². The van der Waals surface area contributed by atoms with Crippen molar-refractivity contribution in [3.8, 4) is 0 Å². The highest BCUT2D eigenvalue weighted by molar-refractivity contribution is 5.78. The number of hydrogen-bond donors (Lipinski definition) is 2. The summed E-state index contributed by atoms with van der Waals surface area (Å²) >= 11 is 0. The lowest BCUT2D eigenvalue weighted by Gasteiger charge is -2.13. The Morgan fingerprint density at radius 2 is 2.23 bits per heavy atom. The van der Waals surface area contributed by atoms with Crippen molar-refractivity contribution in [3.63, 3.8) is 0 Å². The molecule has 118 valence electrons. The van der Waals surface area contributed by atoms with Crippen molar-refractivity contribution >= 4 is 5.91 Å². The van der Waals surface area contributed by atoms with E-state index in [0.717, 1.165) is 11.0 Å². The molecule has 2 aromatic heterocycles. The summed E-state index contributed by atoms with van der Waals surface area (Å²) in [5.41, 5.74) is -0.684. The average molecular weight is 305 g/mol. The maximum Gasteiger partial charge on any atom is 0.328 e. The molecule has 1 amide bonds. The number of hydrogen-bond acceptors (Lipinski definition) is 4. The van der Waals surface area contributed by atoms with Crippen LogP contribution in [0.1, 0.15) is 24.9 Å². The number of nitrogens with zero attached hydrogens (tertiary/aromatic N) is 3. The Hall–Kier alpha value is -2.64. The van der Waals surface area contributed by atoms with E-state index in [4.69, 9.17) is 0 Å². The number of amides is 1. The van der Waals surface area contributed by atoms with Gasteiger partial charge in [-0.1, -0.05) is 0 Å². The largest absolute Gasteiger partial charge is 0.356 e. The number of carbonyl (C=O) groups excluding carboxylic acids is 1. The summed E-state index contributed by atoms with van der Waals surface area (Å²) in [6.07, 6.45) is 7.31. The zero-order valence-corrected chi connectivity index (χ0v) is 12.6. The summed E-state index contributed by atoms with van der Waals surface area (Å²) in [4.78, 5) is 41.3. The van der Waals surface area contributed by atoms with E-state index in [-0.39, 0.29) is 23.9 Å². The lowest BCUT2D eigenvalue weighted by Crippen LogP contribution is -2.36. The predicted molar refractivity (Wildman–Crippen MR) is 80.6 cm³/mol. The number of H-pyrrole nitrogens is 1. The molecule has 0 aliphatic heterocycles. The van der Waals surface area contributed by atoms with Gasteiger partial charge in [0.15, 0.2) is 0 Å². The molecule has 0 aliphatic rings. The minimum atomic E-state index is -0.497. The third-order valence-corrected chi connectivity index (χ3v) is 3.52. The van der Waals surface area contributed by atoms with E-state index in [0.29, 0.717) is 6.54 Å². The monoisotopic (exact) mass is 305 g/mol. The lowest BCUT2D eigenvalue weighted by atomic mass is 10.2. The summed E-state index contributed by atoms with van der Waals surface area (Å²) < 4.78 is 2.91. The summed E-state index contributed by atoms with van der Waals surface area (Å²) in [6.45, 7) is 2.54. The van der Waals surface area contributed by atoms with Crippen LogP contribution in [0.2, 0.25) is 0 Å². The lowest BCUT2D eigenvalue weighted by molar-refractivity contribution is -0.120. The van der Waals surface area contributed by atoms with Crippen molar-refractivity contribution in [2.75, 3.05) is 6.54 Å². The average Bonchev–Trinajstić information content (AvgIpc) is 3.02. The molecule has 0 radical (unpaired) electrons. The van der Waals surface area contributed by atoms with Gasteiger partial charge in [-0.15, -0.1) is 0 Å². The quantitative estimate of drug-likeness (QED) is 0.756. The fraction of sp³-hybridized carbons (Fsp3) is 0.429. The van der Waals surface area contributed by atoms with Crippen LogP contribution in [0.25, 0.3) is 0 Å². The van der Waals surface area contributed by atoms with Gasteiger partial charge in [0.25, 0.3) is 5.56 Å². The standard InChI is InChI=1S/C14H19N5O3/c1-10(19-6-5-15-9-19)3-4-16-12(20)7-11-8-17-14(22)18(2)13(11)21/h5-6,8-10H,3-4,7H2,1-2H3,(H,16,20)(H,17,22)/t10-/m0/s1. The van der Waals surface area contributed by atoms with E-state index < -0.39 is 11.2 Å². The Kier molecular flexibility index (Phi) is 4.92. The molecule has 0 fully saturated rings. The molecule has 0 unspecified atom stereocenters. The highest BCUT2D eigenvalue weighted by Crippen LogP contribution is 2.07. The van der Waals surface area contributed by atoms with E-state index in [9.17, 15) is 14.4 Å². The fourth-order valence-corrected chi connectivity index (χ4v) is 2.08. The third-order valence-electron chi connectivity index (χ3n) is 3.52. The van der Waals surface area contributed by atoms with Gasteiger partial charge in [-0.2, -0.15) is 0 Å². The summed E-state index contributed by atoms with van der Waals surface area (Å²) in [6, 6.07) is 0.226. The van der Waals surface area contributed by atoms with Crippen molar-refractivity contribution in [2.24, 2.45) is 7.05 Å². The van der Waals surface area contributed by atoms with Crippen molar-refractivity contribution in [1.82, 2.24) is 24.4 Å². The predicted octanol–water partition coefficient (Wildman–Crippen LogP) is -0.420. The number of aromatic amines is 1. The highest BCUT2D eigenvalue weighted by Gasteiger charge is 2.10. The second kappa shape index (κ2) is 6.88. The third kappa shape index (κ3) is 3.72. The maximum atomic E-state index is 11.9. The van der Waals surface area contributed by atoms with Crippen LogP contribution in [0.3, 0.4) is 0 Å². The maximum absolute atomic E-state index is 11.9. The second-order valence-corrected chi connectivity index (χ2v) is 5.16. The molecular formula is C14H19N5O3. The van der Waals surface area contributed by atoms with Gasteiger partial charge in [0.2, 0.25) is 5.91 Å². The van der Waals surface area contributed by atoms with Crippen LogP contribution in [0, 0.1) is 0 Å². The first kappa shape index (κ1) is 15.7. The molecule has 8 heteroatoms. The molecule has 8 nitrogen and oxygen atoms in total. The van der Waals surface area contributed by atoms with Crippen molar-refractivity contribution < 1.29 is 4.79 Å². The SMILES string of the molecule is C[C@@H](CCNC(=O)Cc1c[nH]c(=O)n(C)c1=O)n1ccnc1. The summed E-state index contributed by atoms with van der Waals surface area (Å²) in [5.74, 6) is -0.248. The van der Waals surface area contributed by atoms with E-state index in [1.165, 1.54) is 13.2 Å². The van der Waals surface area contributed by atoms with Crippen LogP contribution >= 0.6 is 0 Å². The van der Waals surface area contributed by atoms with Crippen LogP contribution in [0.4, 0.5) is 0 Å². The van der Waals surface area contributed by atoms with Gasteiger partial charge >= 0.3 is 5.69 Å². The van der Waals surface area contributed by atoms with Gasteiger partial charge in [0.1, 0.15) is 0 Å². The van der Waals surface area contributed by atoms with Crippen LogP contribution in [-0.4, -0.2) is 31.6 Å². The molecular weight excluding hydrogens is 286 g/mol. The number of nitrogens with one attached hydrogen (secondary N) is 2. The molecule has 2 heterocycles. The molecule has 22 heavy (non-hydrogen) atoms. The molecule has 2 N–H and O–H groups in total. The number of carbonyl (C=O) groups is 1. The zero-order valence-electron chi connectivity index (χ0n) is 12.6. The minimum absolute atomic E-state index is 0.0527. The molecule has 0 spiro atoms. The smallest absolute Gasteiger partial charge is 0.328 e. The molecule has 0 saturated heterocycles. The van der Waals surface area contributed by atoms with Crippen molar-refractivity contribution in [3.05, 3.63) is 51.3 Å². The van der Waals surface area contributed by atoms with Crippen LogP contribution in [0.15, 0.2) is 34.5 Å². The molecule has 0 saturated carbocycles. The van der Waals surface area contributed by atoms with Crippen LogP contribution in [0.5, 0.6) is 0 Å². The first-order valence-corrected chi connectivity index (χ1v) is 7.00. The van der Waals surface area contributed by atoms with E-state index in [1.54, 1.807) is 12.5 Å². The van der Waals surface area contributed by atoms with Crippen molar-refractivity contribution in [1.29, 1.82) is 0 Å². The van der Waals surface area contributed by atoms with E-state index >= 15 is 0 Å². The first-order valence-electron chi connectivity index (χ1n) is 7.00. The molecule has 0 aliphatic carbocycles. The highest BCUT2D eigenvalue weighted by atomic mass is 16.2. The molecule has 1 atom stereocenters. The van der Waals surface area contributed by atoms with Gasteiger partial charge in [0, 0.05) is 43.8 Å². The molecule has 0 aromatic carbocycles. The zero-order chi connectivity index (χ0) is 16.1. The van der Waals surface area contributed by atoms with Crippen LogP contribution in [-0.2, 0) is 18.3 Å². The van der Waals surface area contributed by atoms with Crippen molar-refractivity contribution in [2.45, 2.75) is 25.8 Å². The topological polar surface area (TPSA) is 102 Å². The Bertz CT molecular complexity index is 745. The van der Waals surface area contributed by atoms with Gasteiger partial charge < -0.3 is 14.9 Å². The minimum Gasteiger partial charge on any atom is -0.356 e. The Balaban J connectivity index is 1.85. The Morgan fingerprint density at radius 3 is 2.91 bits per heavy atom.